The largest absolute Gasteiger partial charge is 0.367 e. The molecule has 0 amide bonds. The highest BCUT2D eigenvalue weighted by Gasteiger charge is 2.32. The Balaban J connectivity index is 1.85. The van der Waals surface area contributed by atoms with Gasteiger partial charge in [0.15, 0.2) is 0 Å². The van der Waals surface area contributed by atoms with Crippen molar-refractivity contribution in [2.75, 3.05) is 11.1 Å². The quantitative estimate of drug-likeness (QED) is 0.555. The van der Waals surface area contributed by atoms with Gasteiger partial charge in [0.2, 0.25) is 0 Å². The van der Waals surface area contributed by atoms with Gasteiger partial charge in [0.05, 0.1) is 16.5 Å². The van der Waals surface area contributed by atoms with E-state index in [-0.39, 0.29) is 5.25 Å². The Morgan fingerprint density at radius 2 is 2.09 bits per heavy atom. The number of nitrogens with zero attached hydrogens (tertiary/aromatic N) is 3. The molecule has 2 atom stereocenters. The van der Waals surface area contributed by atoms with Crippen LogP contribution in [0.5, 0.6) is 0 Å². The Labute approximate surface area is 195 Å². The molecule has 1 aromatic carbocycles. The summed E-state index contributed by atoms with van der Waals surface area (Å²) in [5, 5.41) is 8.85. The van der Waals surface area contributed by atoms with Crippen molar-refractivity contribution < 1.29 is 0 Å². The Kier molecular flexibility index (Phi) is 6.32. The predicted octanol–water partition coefficient (Wildman–Crippen LogP) is 5.00. The van der Waals surface area contributed by atoms with E-state index in [2.05, 4.69) is 65.8 Å². The zero-order valence-corrected chi connectivity index (χ0v) is 20.3. The molecule has 0 saturated heterocycles. The smallest absolute Gasteiger partial charge is 0.129 e. The molecule has 3 N–H and O–H groups in total. The van der Waals surface area contributed by atoms with Crippen LogP contribution in [0.3, 0.4) is 0 Å². The van der Waals surface area contributed by atoms with Crippen molar-refractivity contribution in [1.82, 2.24) is 14.8 Å². The van der Waals surface area contributed by atoms with Crippen LogP contribution >= 0.6 is 11.8 Å². The van der Waals surface area contributed by atoms with Gasteiger partial charge in [0, 0.05) is 35.7 Å². The van der Waals surface area contributed by atoms with E-state index in [1.807, 2.05) is 50.0 Å². The molecule has 0 aliphatic carbocycles. The predicted molar refractivity (Wildman–Crippen MR) is 135 cm³/mol. The van der Waals surface area contributed by atoms with Crippen LogP contribution in [0.15, 0.2) is 42.6 Å². The maximum absolute atomic E-state index is 6.04. The summed E-state index contributed by atoms with van der Waals surface area (Å²) in [6, 6.07) is 12.8. The minimum atomic E-state index is -0.507. The van der Waals surface area contributed by atoms with Crippen LogP contribution in [0.25, 0.3) is 11.4 Å². The first kappa shape index (κ1) is 22.4. The maximum atomic E-state index is 6.04. The number of pyridine rings is 1. The number of fused-ring (bicyclic) bond motifs is 1. The van der Waals surface area contributed by atoms with Crippen LogP contribution < -0.4 is 11.1 Å². The third-order valence-corrected chi connectivity index (χ3v) is 6.95. The fourth-order valence-electron chi connectivity index (χ4n) is 3.92. The normalized spacial score (nSPS) is 18.2. The van der Waals surface area contributed by atoms with E-state index in [9.17, 15) is 0 Å². The minimum Gasteiger partial charge on any atom is -0.367 e. The van der Waals surface area contributed by atoms with Gasteiger partial charge in [-0.25, -0.2) is 4.68 Å². The summed E-state index contributed by atoms with van der Waals surface area (Å²) in [4.78, 5) is 4.62. The van der Waals surface area contributed by atoms with Crippen LogP contribution in [0, 0.1) is 18.8 Å². The lowest BCUT2D eigenvalue weighted by Crippen LogP contribution is -2.29. The Bertz CT molecular complexity index is 1160. The number of thioether (sulfide) groups is 1. The van der Waals surface area contributed by atoms with Gasteiger partial charge in [-0.15, -0.1) is 11.8 Å². The van der Waals surface area contributed by atoms with Crippen LogP contribution in [0.2, 0.25) is 0 Å². The van der Waals surface area contributed by atoms with Gasteiger partial charge in [-0.1, -0.05) is 24.0 Å². The second-order valence-corrected chi connectivity index (χ2v) is 10.1. The molecular weight excluding hydrogens is 414 g/mol. The molecule has 0 saturated carbocycles. The van der Waals surface area contributed by atoms with Crippen molar-refractivity contribution >= 4 is 17.6 Å². The van der Waals surface area contributed by atoms with Gasteiger partial charge in [-0.2, -0.15) is 5.10 Å². The Morgan fingerprint density at radius 3 is 2.75 bits per heavy atom. The molecule has 0 unspecified atom stereocenters. The van der Waals surface area contributed by atoms with Gasteiger partial charge in [0.25, 0.3) is 0 Å². The summed E-state index contributed by atoms with van der Waals surface area (Å²) < 4.78 is 2.08. The minimum absolute atomic E-state index is 0.160. The van der Waals surface area contributed by atoms with E-state index >= 15 is 0 Å². The fraction of sp³-hybridized carbons (Fsp3) is 0.385. The molecule has 0 bridgehead atoms. The number of anilines is 1. The Morgan fingerprint density at radius 1 is 1.28 bits per heavy atom. The lowest BCUT2D eigenvalue weighted by Gasteiger charge is -2.19. The number of rotatable bonds is 3. The first-order chi connectivity index (χ1) is 15.3. The average Bonchev–Trinajstić information content (AvgIpc) is 3.02. The lowest BCUT2D eigenvalue weighted by molar-refractivity contribution is 0.660. The van der Waals surface area contributed by atoms with Crippen molar-refractivity contribution in [2.45, 2.75) is 58.0 Å². The lowest BCUT2D eigenvalue weighted by atomic mass is 9.96. The average molecular weight is 446 g/mol. The molecule has 166 valence electrons. The van der Waals surface area contributed by atoms with Gasteiger partial charge in [-0.05, 0) is 70.0 Å². The fourth-order valence-corrected chi connectivity index (χ4v) is 5.32. The van der Waals surface area contributed by atoms with Crippen molar-refractivity contribution in [2.24, 2.45) is 5.73 Å². The highest BCUT2D eigenvalue weighted by Crippen LogP contribution is 2.47. The third-order valence-electron chi connectivity index (χ3n) is 5.44. The van der Waals surface area contributed by atoms with E-state index in [0.29, 0.717) is 6.04 Å². The topological polar surface area (TPSA) is 68.8 Å². The second-order valence-electron chi connectivity index (χ2n) is 8.94. The molecule has 3 heterocycles. The van der Waals surface area contributed by atoms with Crippen molar-refractivity contribution in [3.05, 3.63) is 64.8 Å². The van der Waals surface area contributed by atoms with E-state index in [0.717, 1.165) is 35.1 Å². The molecule has 1 aliphatic rings. The first-order valence-electron chi connectivity index (χ1n) is 11.1. The van der Waals surface area contributed by atoms with Crippen LogP contribution in [0.4, 0.5) is 5.82 Å². The molecule has 5 nitrogen and oxygen atoms in total. The molecule has 32 heavy (non-hydrogen) atoms. The summed E-state index contributed by atoms with van der Waals surface area (Å²) in [6.45, 7) is 11.2. The number of hydrogen-bond donors (Lipinski definition) is 2. The molecule has 0 spiro atoms. The number of benzene rings is 1. The first-order valence-corrected chi connectivity index (χ1v) is 12.1. The second kappa shape index (κ2) is 9.01. The van der Waals surface area contributed by atoms with Crippen molar-refractivity contribution in [3.63, 3.8) is 0 Å². The van der Waals surface area contributed by atoms with E-state index in [1.54, 1.807) is 0 Å². The monoisotopic (exact) mass is 445 g/mol. The van der Waals surface area contributed by atoms with Crippen LogP contribution in [-0.4, -0.2) is 32.1 Å². The maximum Gasteiger partial charge on any atom is 0.129 e. The van der Waals surface area contributed by atoms with E-state index in [1.165, 1.54) is 16.7 Å². The van der Waals surface area contributed by atoms with Crippen molar-refractivity contribution in [3.8, 4) is 23.2 Å². The summed E-state index contributed by atoms with van der Waals surface area (Å²) >= 11 is 1.96. The molecule has 4 rings (SSSR count). The summed E-state index contributed by atoms with van der Waals surface area (Å²) in [5.74, 6) is 8.46. The number of nitrogens with two attached hydrogens (primary N) is 1. The Hall–Kier alpha value is -2.75. The third kappa shape index (κ3) is 4.69. The van der Waals surface area contributed by atoms with E-state index in [4.69, 9.17) is 10.8 Å². The van der Waals surface area contributed by atoms with Gasteiger partial charge in [0.1, 0.15) is 11.5 Å². The zero-order valence-electron chi connectivity index (χ0n) is 19.4. The van der Waals surface area contributed by atoms with E-state index < -0.39 is 5.54 Å². The van der Waals surface area contributed by atoms with Gasteiger partial charge >= 0.3 is 0 Å². The van der Waals surface area contributed by atoms with Crippen molar-refractivity contribution in [1.29, 1.82) is 0 Å². The molecule has 0 radical (unpaired) electrons. The zero-order chi connectivity index (χ0) is 22.9. The molecule has 2 aromatic heterocycles. The molecular formula is C26H31N5S. The number of hydrogen-bond acceptors (Lipinski definition) is 5. The number of aromatic nitrogens is 3. The number of aryl methyl sites for hydroxylation is 2. The van der Waals surface area contributed by atoms with Gasteiger partial charge < -0.3 is 11.1 Å². The highest BCUT2D eigenvalue weighted by atomic mass is 32.2. The number of nitrogens with one attached hydrogen (secondary N) is 1. The van der Waals surface area contributed by atoms with Gasteiger partial charge in [-0.3, -0.25) is 4.98 Å². The standard InChI is InChI=1S/C26H31N5S/c1-6-31-25-22(23(30-31)21-9-7-8-14-28-21)24(32-16-18(3)29-25)20-11-10-19(15-17(20)2)12-13-26(4,5)27/h7-11,14-15,18,24,29H,6,16,27H2,1-5H3/t18-,24+/m1/s1. The SMILES string of the molecule is CCn1nc(-c2ccccn2)c2c1N[C@H](C)CS[C@H]2c1ccc(C#CC(C)(C)N)cc1C. The highest BCUT2D eigenvalue weighted by molar-refractivity contribution is 7.99. The van der Waals surface area contributed by atoms with Crippen LogP contribution in [0.1, 0.15) is 55.2 Å². The summed E-state index contributed by atoms with van der Waals surface area (Å²) in [6.07, 6.45) is 1.83. The molecule has 1 aliphatic heterocycles. The van der Waals surface area contributed by atoms with Crippen LogP contribution in [-0.2, 0) is 6.54 Å². The summed E-state index contributed by atoms with van der Waals surface area (Å²) in [7, 11) is 0. The molecule has 6 heteroatoms. The molecule has 0 fully saturated rings. The molecule has 3 aromatic rings. The summed E-state index contributed by atoms with van der Waals surface area (Å²) in [5.41, 5.74) is 12.1.